The Morgan fingerprint density at radius 1 is 0.270 bits per heavy atom. The van der Waals surface area contributed by atoms with Gasteiger partial charge in [-0.15, -0.1) is 0 Å². The lowest BCUT2D eigenvalue weighted by atomic mass is 9.49. The molecule has 63 heavy (non-hydrogen) atoms. The summed E-state index contributed by atoms with van der Waals surface area (Å²) in [6.45, 7) is 14.9. The Bertz CT molecular complexity index is 3610. The SMILES string of the molecule is CC(C)(C)C1(C(C)(C)C)c2c(cc(-c3c4ccccc4c(-c4ccc5cc(-c6ccccc6)ccc5c4)c4ccccc34)c3ccccc23)-c2c1c1ccccc1c1ccccc21. The summed E-state index contributed by atoms with van der Waals surface area (Å²) in [6, 6.07) is 73.2. The van der Waals surface area contributed by atoms with Crippen LogP contribution < -0.4 is 0 Å². The van der Waals surface area contributed by atoms with Crippen LogP contribution in [-0.2, 0) is 5.41 Å². The molecule has 1 aliphatic rings. The Kier molecular flexibility index (Phi) is 8.08. The van der Waals surface area contributed by atoms with Gasteiger partial charge in [0.1, 0.15) is 0 Å². The van der Waals surface area contributed by atoms with Crippen molar-refractivity contribution in [2.24, 2.45) is 10.8 Å². The number of hydrogen-bond acceptors (Lipinski definition) is 0. The highest BCUT2D eigenvalue weighted by Gasteiger charge is 2.59. The second kappa shape index (κ2) is 13.5. The first-order valence-electron chi connectivity index (χ1n) is 22.6. The molecule has 0 aliphatic heterocycles. The van der Waals surface area contributed by atoms with Crippen LogP contribution in [0.3, 0.4) is 0 Å². The van der Waals surface area contributed by atoms with Crippen molar-refractivity contribution in [2.75, 3.05) is 0 Å². The molecule has 0 aromatic heterocycles. The van der Waals surface area contributed by atoms with Gasteiger partial charge in [0.05, 0.1) is 0 Å². The second-order valence-corrected chi connectivity index (χ2v) is 20.0. The first kappa shape index (κ1) is 37.7. The van der Waals surface area contributed by atoms with Gasteiger partial charge in [-0.05, 0) is 149 Å². The molecular formula is C63H50. The van der Waals surface area contributed by atoms with Gasteiger partial charge in [0.25, 0.3) is 0 Å². The molecule has 0 heterocycles. The Morgan fingerprint density at radius 3 is 1.21 bits per heavy atom. The summed E-state index contributed by atoms with van der Waals surface area (Å²) in [4.78, 5) is 0. The minimum atomic E-state index is -0.321. The van der Waals surface area contributed by atoms with Crippen LogP contribution in [0.5, 0.6) is 0 Å². The normalized spacial score (nSPS) is 13.7. The van der Waals surface area contributed by atoms with Crippen LogP contribution in [0.15, 0.2) is 194 Å². The van der Waals surface area contributed by atoms with E-state index in [1.54, 1.807) is 0 Å². The van der Waals surface area contributed by atoms with Crippen LogP contribution in [-0.4, -0.2) is 0 Å². The van der Waals surface area contributed by atoms with Crippen LogP contribution in [0.2, 0.25) is 0 Å². The summed E-state index contributed by atoms with van der Waals surface area (Å²) < 4.78 is 0. The van der Waals surface area contributed by atoms with E-state index in [4.69, 9.17) is 0 Å². The first-order valence-corrected chi connectivity index (χ1v) is 22.6. The molecule has 0 saturated heterocycles. The molecular weight excluding hydrogens is 757 g/mol. The fourth-order valence-corrected chi connectivity index (χ4v) is 12.7. The van der Waals surface area contributed by atoms with Crippen molar-refractivity contribution in [1.82, 2.24) is 0 Å². The van der Waals surface area contributed by atoms with Crippen LogP contribution in [0, 0.1) is 10.8 Å². The highest BCUT2D eigenvalue weighted by molar-refractivity contribution is 6.26. The molecule has 0 nitrogen and oxygen atoms in total. The summed E-state index contributed by atoms with van der Waals surface area (Å²) in [6.07, 6.45) is 0. The maximum absolute atomic E-state index is 2.62. The number of hydrogen-bond donors (Lipinski definition) is 0. The summed E-state index contributed by atoms with van der Waals surface area (Å²) in [5.41, 5.74) is 12.7. The van der Waals surface area contributed by atoms with Crippen LogP contribution in [0.25, 0.3) is 109 Å². The van der Waals surface area contributed by atoms with E-state index in [1.165, 1.54) is 120 Å². The van der Waals surface area contributed by atoms with E-state index in [0.29, 0.717) is 0 Å². The van der Waals surface area contributed by atoms with E-state index >= 15 is 0 Å². The van der Waals surface area contributed by atoms with Crippen molar-refractivity contribution in [3.05, 3.63) is 205 Å². The lowest BCUT2D eigenvalue weighted by Crippen LogP contribution is -2.50. The smallest absolute Gasteiger partial charge is 0.0324 e. The molecule has 0 saturated carbocycles. The predicted octanol–water partition coefficient (Wildman–Crippen LogP) is 18.0. The van der Waals surface area contributed by atoms with Crippen molar-refractivity contribution < 1.29 is 0 Å². The predicted molar refractivity (Wildman–Crippen MR) is 273 cm³/mol. The third kappa shape index (κ3) is 5.22. The van der Waals surface area contributed by atoms with Crippen molar-refractivity contribution in [1.29, 1.82) is 0 Å². The largest absolute Gasteiger partial charge is 0.0622 e. The van der Waals surface area contributed by atoms with Crippen molar-refractivity contribution in [3.63, 3.8) is 0 Å². The molecule has 0 bridgehead atoms. The average Bonchev–Trinajstić information content (AvgIpc) is 3.64. The molecule has 0 unspecified atom stereocenters. The maximum atomic E-state index is 2.62. The first-order chi connectivity index (χ1) is 30.6. The molecule has 12 rings (SSSR count). The topological polar surface area (TPSA) is 0 Å². The van der Waals surface area contributed by atoms with Crippen LogP contribution in [0.1, 0.15) is 52.7 Å². The maximum Gasteiger partial charge on any atom is 0.0324 e. The fourth-order valence-electron chi connectivity index (χ4n) is 12.7. The Balaban J connectivity index is 1.20. The molecule has 0 spiro atoms. The van der Waals surface area contributed by atoms with Gasteiger partial charge in [0.15, 0.2) is 0 Å². The molecule has 0 heteroatoms. The van der Waals surface area contributed by atoms with Gasteiger partial charge in [-0.25, -0.2) is 0 Å². The summed E-state index contributed by atoms with van der Waals surface area (Å²) in [5, 5.41) is 15.6. The van der Waals surface area contributed by atoms with E-state index in [0.717, 1.165) is 0 Å². The van der Waals surface area contributed by atoms with Gasteiger partial charge in [-0.3, -0.25) is 0 Å². The Hall–Kier alpha value is -7.02. The van der Waals surface area contributed by atoms with Crippen LogP contribution >= 0.6 is 0 Å². The van der Waals surface area contributed by atoms with E-state index in [2.05, 4.69) is 236 Å². The van der Waals surface area contributed by atoms with Gasteiger partial charge >= 0.3 is 0 Å². The molecule has 1 aliphatic carbocycles. The van der Waals surface area contributed by atoms with Crippen molar-refractivity contribution >= 4 is 64.6 Å². The van der Waals surface area contributed by atoms with Gasteiger partial charge in [0.2, 0.25) is 0 Å². The van der Waals surface area contributed by atoms with Crippen LogP contribution in [0.4, 0.5) is 0 Å². The molecule has 0 fully saturated rings. The highest BCUT2D eigenvalue weighted by Crippen LogP contribution is 2.69. The zero-order valence-corrected chi connectivity index (χ0v) is 37.0. The molecule has 0 amide bonds. The van der Waals surface area contributed by atoms with Gasteiger partial charge in [0, 0.05) is 5.41 Å². The molecule has 0 N–H and O–H groups in total. The number of fused-ring (bicyclic) bond motifs is 13. The Morgan fingerprint density at radius 2 is 0.667 bits per heavy atom. The zero-order chi connectivity index (χ0) is 42.8. The molecule has 0 atom stereocenters. The Labute approximate surface area is 370 Å². The molecule has 302 valence electrons. The van der Waals surface area contributed by atoms with E-state index in [9.17, 15) is 0 Å². The van der Waals surface area contributed by atoms with Gasteiger partial charge < -0.3 is 0 Å². The van der Waals surface area contributed by atoms with Gasteiger partial charge in [-0.2, -0.15) is 0 Å². The second-order valence-electron chi connectivity index (χ2n) is 20.0. The summed E-state index contributed by atoms with van der Waals surface area (Å²) in [7, 11) is 0. The monoisotopic (exact) mass is 806 g/mol. The number of benzene rings is 11. The molecule has 0 radical (unpaired) electrons. The highest BCUT2D eigenvalue weighted by atomic mass is 14.6. The third-order valence-corrected chi connectivity index (χ3v) is 14.7. The summed E-state index contributed by atoms with van der Waals surface area (Å²) in [5.74, 6) is 0. The fraction of sp³-hybridized carbons (Fsp3) is 0.143. The molecule has 11 aromatic carbocycles. The van der Waals surface area contributed by atoms with E-state index in [1.807, 2.05) is 0 Å². The van der Waals surface area contributed by atoms with Crippen molar-refractivity contribution in [2.45, 2.75) is 47.0 Å². The third-order valence-electron chi connectivity index (χ3n) is 14.7. The summed E-state index contributed by atoms with van der Waals surface area (Å²) >= 11 is 0. The van der Waals surface area contributed by atoms with Gasteiger partial charge in [-0.1, -0.05) is 217 Å². The lowest BCUT2D eigenvalue weighted by Gasteiger charge is -2.54. The molecule has 11 aromatic rings. The number of rotatable bonds is 3. The van der Waals surface area contributed by atoms with E-state index < -0.39 is 0 Å². The minimum Gasteiger partial charge on any atom is -0.0622 e. The average molecular weight is 807 g/mol. The van der Waals surface area contributed by atoms with E-state index in [-0.39, 0.29) is 16.2 Å². The standard InChI is InChI=1S/C63H50/c1-61(2,3)63(62(4,5)6)59-52-30-18-12-24-46(52)54(38-55(59)58-47-25-13-10-22-44(47)45-23-11-19-31-53(45)60(58)63)57-50-28-16-14-26-48(50)56(49-27-15-17-29-51(49)57)43-35-34-41-36-40(32-33-42(41)37-43)39-20-8-7-9-21-39/h7-38H,1-6H3. The van der Waals surface area contributed by atoms with Crippen molar-refractivity contribution in [3.8, 4) is 44.5 Å². The quantitative estimate of drug-likeness (QED) is 0.123. The zero-order valence-electron chi connectivity index (χ0n) is 37.0. The lowest BCUT2D eigenvalue weighted by molar-refractivity contribution is 0.0977. The minimum absolute atomic E-state index is 0.134.